The molecule has 2 fully saturated rings. The Labute approximate surface area is 195 Å². The molecule has 8 N–H and O–H groups in total. The molecule has 0 radical (unpaired) electrons. The van der Waals surface area contributed by atoms with Gasteiger partial charge in [0.05, 0.1) is 13.2 Å². The van der Waals surface area contributed by atoms with Gasteiger partial charge in [-0.2, -0.15) is 0 Å². The number of hydrogen-bond acceptors (Lipinski definition) is 12. The van der Waals surface area contributed by atoms with Gasteiger partial charge in [-0.05, 0) is 34.7 Å². The maximum Gasteiger partial charge on any atom is 0.266 e. The number of ketones is 1. The van der Waals surface area contributed by atoms with E-state index in [1.807, 2.05) is 22.6 Å². The van der Waals surface area contributed by atoms with Gasteiger partial charge in [-0.25, -0.2) is 0 Å². The number of halogens is 1. The van der Waals surface area contributed by atoms with Crippen LogP contribution in [0.1, 0.15) is 10.4 Å². The first kappa shape index (κ1) is 25.8. The first-order valence-electron chi connectivity index (χ1n) is 9.66. The molecule has 32 heavy (non-hydrogen) atoms. The molecule has 2 heterocycles. The second kappa shape index (κ2) is 9.81. The van der Waals surface area contributed by atoms with Crippen LogP contribution in [-0.2, 0) is 14.2 Å². The predicted octanol–water partition coefficient (Wildman–Crippen LogP) is -3.54. The molecule has 1 aromatic rings. The van der Waals surface area contributed by atoms with E-state index in [-0.39, 0.29) is 5.56 Å². The number of Topliss-reactive ketones (excluding diaryl/α,β-unsaturated/α-hetero) is 1. The van der Waals surface area contributed by atoms with Crippen molar-refractivity contribution < 1.29 is 59.9 Å². The fourth-order valence-corrected chi connectivity index (χ4v) is 4.13. The zero-order valence-corrected chi connectivity index (χ0v) is 18.7. The molecule has 2 aliphatic rings. The molecule has 9 atom stereocenters. The minimum Gasteiger partial charge on any atom is -0.394 e. The van der Waals surface area contributed by atoms with Crippen molar-refractivity contribution in [3.8, 4) is 0 Å². The first-order chi connectivity index (χ1) is 15.1. The molecule has 0 spiro atoms. The van der Waals surface area contributed by atoms with Crippen LogP contribution >= 0.6 is 22.6 Å². The minimum absolute atomic E-state index is 0.0791. The molecule has 3 rings (SSSR count). The van der Waals surface area contributed by atoms with Gasteiger partial charge < -0.3 is 55.1 Å². The number of aliphatic hydroxyl groups is 8. The summed E-state index contributed by atoms with van der Waals surface area (Å²) >= 11 is 1.99. The van der Waals surface area contributed by atoms with E-state index in [4.69, 9.17) is 14.2 Å². The molecule has 0 aliphatic carbocycles. The summed E-state index contributed by atoms with van der Waals surface area (Å²) in [6, 6.07) is 5.83. The molecule has 1 unspecified atom stereocenters. The van der Waals surface area contributed by atoms with Crippen molar-refractivity contribution in [2.24, 2.45) is 0 Å². The highest BCUT2D eigenvalue weighted by Gasteiger charge is 2.66. The van der Waals surface area contributed by atoms with Crippen LogP contribution in [0.2, 0.25) is 0 Å². The van der Waals surface area contributed by atoms with E-state index in [1.54, 1.807) is 12.1 Å². The van der Waals surface area contributed by atoms with Crippen LogP contribution in [0.5, 0.6) is 0 Å². The van der Waals surface area contributed by atoms with Crippen molar-refractivity contribution in [3.63, 3.8) is 0 Å². The Balaban J connectivity index is 2.12. The molecule has 2 saturated heterocycles. The van der Waals surface area contributed by atoms with Crippen LogP contribution in [0.25, 0.3) is 0 Å². The van der Waals surface area contributed by atoms with Gasteiger partial charge >= 0.3 is 0 Å². The van der Waals surface area contributed by atoms with Crippen LogP contribution in [0.15, 0.2) is 24.3 Å². The highest BCUT2D eigenvalue weighted by atomic mass is 127. The molecule has 13 heteroatoms. The zero-order chi connectivity index (χ0) is 23.8. The monoisotopic (exact) mass is 572 g/mol. The number of aliphatic hydroxyl groups excluding tert-OH is 8. The summed E-state index contributed by atoms with van der Waals surface area (Å²) in [4.78, 5) is 13.5. The molecule has 180 valence electrons. The van der Waals surface area contributed by atoms with Crippen molar-refractivity contribution >= 4 is 28.4 Å². The Morgan fingerprint density at radius 1 is 0.875 bits per heavy atom. The average molecular weight is 572 g/mol. The molecule has 0 amide bonds. The normalized spacial score (nSPS) is 42.2. The van der Waals surface area contributed by atoms with Crippen molar-refractivity contribution in [2.75, 3.05) is 19.8 Å². The summed E-state index contributed by atoms with van der Waals surface area (Å²) in [7, 11) is 0. The Morgan fingerprint density at radius 3 is 1.94 bits per heavy atom. The van der Waals surface area contributed by atoms with Crippen LogP contribution in [0, 0.1) is 3.57 Å². The maximum atomic E-state index is 13.5. The summed E-state index contributed by atoms with van der Waals surface area (Å²) in [6.45, 7) is -2.85. The van der Waals surface area contributed by atoms with Gasteiger partial charge in [0.2, 0.25) is 11.6 Å². The lowest BCUT2D eigenvalue weighted by Crippen LogP contribution is -2.72. The van der Waals surface area contributed by atoms with E-state index in [9.17, 15) is 45.6 Å². The van der Waals surface area contributed by atoms with Gasteiger partial charge in [-0.1, -0.05) is 12.1 Å². The van der Waals surface area contributed by atoms with E-state index in [2.05, 4.69) is 0 Å². The molecule has 2 aliphatic heterocycles. The Bertz CT molecular complexity index is 806. The lowest BCUT2D eigenvalue weighted by Gasteiger charge is -2.50. The summed E-state index contributed by atoms with van der Waals surface area (Å²) in [5.74, 6) is -6.56. The second-order valence-corrected chi connectivity index (χ2v) is 8.86. The van der Waals surface area contributed by atoms with Gasteiger partial charge in [-0.3, -0.25) is 4.79 Å². The quantitative estimate of drug-likeness (QED) is 0.118. The van der Waals surface area contributed by atoms with Crippen LogP contribution < -0.4 is 0 Å². The molecule has 1 aromatic carbocycles. The second-order valence-electron chi connectivity index (χ2n) is 7.61. The van der Waals surface area contributed by atoms with Crippen molar-refractivity contribution in [2.45, 2.75) is 54.3 Å². The highest BCUT2D eigenvalue weighted by Crippen LogP contribution is 2.42. The Morgan fingerprint density at radius 2 is 1.44 bits per heavy atom. The SMILES string of the molecule is O=C(c1ccc(I)cc1)[C@@]1(OC2(CO)O[C@H](CO)[C@@H](O)[C@@H]2O)O[C@H](CO)[C@@H](O)[C@H](O)[C@H]1O. The van der Waals surface area contributed by atoms with E-state index in [0.717, 1.165) is 3.57 Å². The molecule has 0 aromatic heterocycles. The largest absolute Gasteiger partial charge is 0.394 e. The summed E-state index contributed by atoms with van der Waals surface area (Å²) in [5.41, 5.74) is -0.0791. The summed E-state index contributed by atoms with van der Waals surface area (Å²) < 4.78 is 17.2. The third-order valence-corrected chi connectivity index (χ3v) is 6.32. The number of carbonyl (C=O) groups excluding carboxylic acids is 1. The third kappa shape index (κ3) is 4.21. The molecular formula is C19H25IO12. The van der Waals surface area contributed by atoms with Gasteiger partial charge in [-0.15, -0.1) is 0 Å². The number of ether oxygens (including phenoxy) is 3. The number of benzene rings is 1. The van der Waals surface area contributed by atoms with Crippen LogP contribution in [0.4, 0.5) is 0 Å². The third-order valence-electron chi connectivity index (χ3n) is 5.60. The number of carbonyl (C=O) groups is 1. The van der Waals surface area contributed by atoms with Crippen LogP contribution in [0.3, 0.4) is 0 Å². The Kier molecular flexibility index (Phi) is 7.91. The summed E-state index contributed by atoms with van der Waals surface area (Å²) in [6.07, 6.45) is -13.0. The molecule has 0 saturated carbocycles. The molecule has 0 bridgehead atoms. The fourth-order valence-electron chi connectivity index (χ4n) is 3.77. The van der Waals surface area contributed by atoms with Gasteiger partial charge in [0, 0.05) is 9.13 Å². The van der Waals surface area contributed by atoms with Gasteiger partial charge in [0.1, 0.15) is 49.3 Å². The Hall–Kier alpha value is -0.820. The first-order valence-corrected chi connectivity index (χ1v) is 10.7. The number of rotatable bonds is 7. The zero-order valence-electron chi connectivity index (χ0n) is 16.6. The van der Waals surface area contributed by atoms with Crippen LogP contribution in [-0.4, -0.2) is 121 Å². The topological polar surface area (TPSA) is 207 Å². The van der Waals surface area contributed by atoms with Crippen molar-refractivity contribution in [3.05, 3.63) is 33.4 Å². The lowest BCUT2D eigenvalue weighted by molar-refractivity contribution is -0.412. The fraction of sp³-hybridized carbons (Fsp3) is 0.632. The van der Waals surface area contributed by atoms with E-state index in [1.165, 1.54) is 12.1 Å². The van der Waals surface area contributed by atoms with Crippen molar-refractivity contribution in [1.29, 1.82) is 0 Å². The summed E-state index contributed by atoms with van der Waals surface area (Å²) in [5, 5.41) is 80.9. The average Bonchev–Trinajstić information content (AvgIpc) is 3.04. The molecular weight excluding hydrogens is 547 g/mol. The molecule has 12 nitrogen and oxygen atoms in total. The smallest absolute Gasteiger partial charge is 0.266 e. The standard InChI is InChI=1S/C19H25IO12/c20-9-3-1-8(2-4-9)15(27)19(17(29)14(26)12(24)10(5-21)31-19)32-18(7-23)16(28)13(25)11(6-22)30-18/h1-4,10-14,16-17,21-26,28-29H,5-7H2/t10-,11-,12-,13-,14+,16+,17-,18?,19+/m1/s1. The lowest BCUT2D eigenvalue weighted by atomic mass is 9.87. The predicted molar refractivity (Wildman–Crippen MR) is 111 cm³/mol. The number of hydrogen-bond donors (Lipinski definition) is 8. The highest BCUT2D eigenvalue weighted by molar-refractivity contribution is 14.1. The van der Waals surface area contributed by atoms with Gasteiger partial charge in [0.25, 0.3) is 5.79 Å². The van der Waals surface area contributed by atoms with E-state index >= 15 is 0 Å². The van der Waals surface area contributed by atoms with E-state index < -0.39 is 79.9 Å². The maximum absolute atomic E-state index is 13.5. The van der Waals surface area contributed by atoms with E-state index in [0.29, 0.717) is 0 Å². The minimum atomic E-state index is -2.90. The van der Waals surface area contributed by atoms with Crippen molar-refractivity contribution in [1.82, 2.24) is 0 Å². The van der Waals surface area contributed by atoms with Gasteiger partial charge in [0.15, 0.2) is 0 Å².